The largest absolute Gasteiger partial charge is 0.396 e. The first-order chi connectivity index (χ1) is 8.54. The maximum Gasteiger partial charge on any atom is 0.0593 e. The van der Waals surface area contributed by atoms with Crippen molar-refractivity contribution >= 4 is 0 Å². The molecule has 3 nitrogen and oxygen atoms in total. The average Bonchev–Trinajstić information content (AvgIpc) is 2.35. The zero-order valence-electron chi connectivity index (χ0n) is 11.4. The summed E-state index contributed by atoms with van der Waals surface area (Å²) >= 11 is 0. The molecule has 104 valence electrons. The Balaban J connectivity index is 2.27. The van der Waals surface area contributed by atoms with Gasteiger partial charge in [-0.2, -0.15) is 0 Å². The third kappa shape index (κ3) is 2.13. The number of aliphatic hydroxyl groups is 2. The molecule has 0 radical (unpaired) electrons. The molecule has 3 heteroatoms. The van der Waals surface area contributed by atoms with E-state index in [1.165, 1.54) is 5.57 Å². The van der Waals surface area contributed by atoms with E-state index in [-0.39, 0.29) is 24.0 Å². The highest BCUT2D eigenvalue weighted by Gasteiger charge is 2.51. The van der Waals surface area contributed by atoms with Crippen molar-refractivity contribution < 1.29 is 10.2 Å². The molecular formula is C15H27NO2. The molecule has 0 aliphatic heterocycles. The van der Waals surface area contributed by atoms with Crippen LogP contribution in [0.15, 0.2) is 12.2 Å². The molecule has 2 aliphatic carbocycles. The molecule has 2 saturated carbocycles. The molecule has 0 saturated heterocycles. The van der Waals surface area contributed by atoms with Crippen molar-refractivity contribution in [3.8, 4) is 0 Å². The molecular weight excluding hydrogens is 226 g/mol. The van der Waals surface area contributed by atoms with Crippen LogP contribution in [0, 0.1) is 23.2 Å². The SMILES string of the molecule is C=C1CCC2C(CO)C(O)CCC2(C)C1CCN. The topological polar surface area (TPSA) is 66.5 Å². The normalized spacial score (nSPS) is 44.8. The zero-order valence-corrected chi connectivity index (χ0v) is 11.4. The second-order valence-electron chi connectivity index (χ2n) is 6.39. The Morgan fingerprint density at radius 1 is 1.44 bits per heavy atom. The molecule has 5 atom stereocenters. The van der Waals surface area contributed by atoms with Crippen LogP contribution in [0.4, 0.5) is 0 Å². The van der Waals surface area contributed by atoms with Gasteiger partial charge in [0.25, 0.3) is 0 Å². The van der Waals surface area contributed by atoms with Gasteiger partial charge in [-0.25, -0.2) is 0 Å². The van der Waals surface area contributed by atoms with Gasteiger partial charge in [0.15, 0.2) is 0 Å². The molecule has 5 unspecified atom stereocenters. The van der Waals surface area contributed by atoms with Gasteiger partial charge >= 0.3 is 0 Å². The Labute approximate surface area is 110 Å². The van der Waals surface area contributed by atoms with Gasteiger partial charge in [0.2, 0.25) is 0 Å². The predicted octanol–water partition coefficient (Wildman–Crippen LogP) is 1.69. The van der Waals surface area contributed by atoms with Crippen LogP contribution >= 0.6 is 0 Å². The van der Waals surface area contributed by atoms with E-state index in [0.717, 1.165) is 32.1 Å². The fourth-order valence-corrected chi connectivity index (χ4v) is 4.52. The maximum atomic E-state index is 10.1. The third-order valence-corrected chi connectivity index (χ3v) is 5.57. The summed E-state index contributed by atoms with van der Waals surface area (Å²) in [6, 6.07) is 0. The third-order valence-electron chi connectivity index (χ3n) is 5.57. The van der Waals surface area contributed by atoms with Crippen molar-refractivity contribution in [2.45, 2.75) is 45.1 Å². The van der Waals surface area contributed by atoms with Gasteiger partial charge in [0.1, 0.15) is 0 Å². The van der Waals surface area contributed by atoms with E-state index in [4.69, 9.17) is 5.73 Å². The van der Waals surface area contributed by atoms with Gasteiger partial charge in [-0.15, -0.1) is 0 Å². The summed E-state index contributed by atoms with van der Waals surface area (Å²) in [5, 5.41) is 19.7. The number of hydrogen-bond acceptors (Lipinski definition) is 3. The Morgan fingerprint density at radius 2 is 2.17 bits per heavy atom. The first-order valence-corrected chi connectivity index (χ1v) is 7.21. The van der Waals surface area contributed by atoms with Crippen LogP contribution in [0.25, 0.3) is 0 Å². The number of nitrogens with two attached hydrogens (primary N) is 1. The van der Waals surface area contributed by atoms with Gasteiger partial charge in [-0.05, 0) is 55.9 Å². The molecule has 0 heterocycles. The van der Waals surface area contributed by atoms with Crippen molar-refractivity contribution in [1.82, 2.24) is 0 Å². The van der Waals surface area contributed by atoms with E-state index >= 15 is 0 Å². The highest BCUT2D eigenvalue weighted by Crippen LogP contribution is 2.57. The molecule has 2 aliphatic rings. The van der Waals surface area contributed by atoms with E-state index in [1.54, 1.807) is 0 Å². The van der Waals surface area contributed by atoms with Crippen LogP contribution in [0.2, 0.25) is 0 Å². The molecule has 0 aromatic rings. The Morgan fingerprint density at radius 3 is 2.78 bits per heavy atom. The number of fused-ring (bicyclic) bond motifs is 1. The van der Waals surface area contributed by atoms with E-state index in [9.17, 15) is 10.2 Å². The Hall–Kier alpha value is -0.380. The molecule has 0 aromatic carbocycles. The van der Waals surface area contributed by atoms with Gasteiger partial charge in [-0.3, -0.25) is 0 Å². The number of rotatable bonds is 3. The van der Waals surface area contributed by atoms with E-state index in [2.05, 4.69) is 13.5 Å². The highest BCUT2D eigenvalue weighted by molar-refractivity contribution is 5.15. The summed E-state index contributed by atoms with van der Waals surface area (Å²) in [6.07, 6.45) is 4.55. The monoisotopic (exact) mass is 253 g/mol. The van der Waals surface area contributed by atoms with E-state index < -0.39 is 0 Å². The van der Waals surface area contributed by atoms with Crippen molar-refractivity contribution in [2.75, 3.05) is 13.2 Å². The molecule has 0 spiro atoms. The number of aliphatic hydroxyl groups excluding tert-OH is 2. The standard InChI is InChI=1S/C15H27NO2/c1-10-3-4-13-11(9-17)14(18)5-7-15(13,2)12(10)6-8-16/h11-14,17-18H,1,3-9,16H2,2H3. The smallest absolute Gasteiger partial charge is 0.0593 e. The molecule has 0 aromatic heterocycles. The van der Waals surface area contributed by atoms with Crippen LogP contribution in [-0.2, 0) is 0 Å². The lowest BCUT2D eigenvalue weighted by Gasteiger charge is -2.55. The molecule has 2 rings (SSSR count). The summed E-state index contributed by atoms with van der Waals surface area (Å²) in [6.45, 7) is 7.35. The second-order valence-corrected chi connectivity index (χ2v) is 6.39. The minimum atomic E-state index is -0.335. The Bertz CT molecular complexity index is 318. The fraction of sp³-hybridized carbons (Fsp3) is 0.867. The van der Waals surface area contributed by atoms with Gasteiger partial charge in [0.05, 0.1) is 6.10 Å². The second kappa shape index (κ2) is 5.32. The van der Waals surface area contributed by atoms with Gasteiger partial charge in [-0.1, -0.05) is 19.1 Å². The fourth-order valence-electron chi connectivity index (χ4n) is 4.52. The molecule has 0 bridgehead atoms. The first-order valence-electron chi connectivity index (χ1n) is 7.21. The summed E-state index contributed by atoms with van der Waals surface area (Å²) < 4.78 is 0. The van der Waals surface area contributed by atoms with Gasteiger partial charge < -0.3 is 15.9 Å². The van der Waals surface area contributed by atoms with Crippen molar-refractivity contribution in [3.05, 3.63) is 12.2 Å². The molecule has 2 fully saturated rings. The zero-order chi connectivity index (χ0) is 13.3. The summed E-state index contributed by atoms with van der Waals surface area (Å²) in [5.74, 6) is 0.910. The van der Waals surface area contributed by atoms with E-state index in [1.807, 2.05) is 0 Å². The van der Waals surface area contributed by atoms with Crippen LogP contribution in [0.3, 0.4) is 0 Å². The lowest BCUT2D eigenvalue weighted by atomic mass is 9.50. The van der Waals surface area contributed by atoms with Crippen LogP contribution in [-0.4, -0.2) is 29.5 Å². The van der Waals surface area contributed by atoms with Crippen LogP contribution in [0.1, 0.15) is 39.0 Å². The summed E-state index contributed by atoms with van der Waals surface area (Å²) in [7, 11) is 0. The van der Waals surface area contributed by atoms with Crippen molar-refractivity contribution in [2.24, 2.45) is 28.9 Å². The van der Waals surface area contributed by atoms with Crippen molar-refractivity contribution in [3.63, 3.8) is 0 Å². The predicted molar refractivity (Wildman–Crippen MR) is 72.9 cm³/mol. The minimum absolute atomic E-state index is 0.0390. The van der Waals surface area contributed by atoms with Gasteiger partial charge in [0, 0.05) is 12.5 Å². The lowest BCUT2D eigenvalue weighted by Crippen LogP contribution is -2.51. The number of hydrogen-bond donors (Lipinski definition) is 3. The molecule has 0 amide bonds. The molecule has 18 heavy (non-hydrogen) atoms. The van der Waals surface area contributed by atoms with Crippen LogP contribution in [0.5, 0.6) is 0 Å². The summed E-state index contributed by atoms with van der Waals surface area (Å²) in [5.41, 5.74) is 7.25. The van der Waals surface area contributed by atoms with E-state index in [0.29, 0.717) is 18.4 Å². The minimum Gasteiger partial charge on any atom is -0.396 e. The first kappa shape index (κ1) is 14.0. The Kier molecular flexibility index (Phi) is 4.15. The van der Waals surface area contributed by atoms with Crippen LogP contribution < -0.4 is 5.73 Å². The highest BCUT2D eigenvalue weighted by atomic mass is 16.3. The summed E-state index contributed by atoms with van der Waals surface area (Å²) in [4.78, 5) is 0. The lowest BCUT2D eigenvalue weighted by molar-refractivity contribution is -0.0942. The average molecular weight is 253 g/mol. The maximum absolute atomic E-state index is 10.1. The van der Waals surface area contributed by atoms with Crippen molar-refractivity contribution in [1.29, 1.82) is 0 Å². The quantitative estimate of drug-likeness (QED) is 0.671. The number of allylic oxidation sites excluding steroid dienone is 1. The molecule has 4 N–H and O–H groups in total.